The van der Waals surface area contributed by atoms with Gasteiger partial charge in [0.15, 0.2) is 5.78 Å². The van der Waals surface area contributed by atoms with Gasteiger partial charge in [-0.05, 0) is 49.7 Å². The van der Waals surface area contributed by atoms with Gasteiger partial charge < -0.3 is 5.32 Å². The summed E-state index contributed by atoms with van der Waals surface area (Å²) in [6.45, 7) is 3.37. The lowest BCUT2D eigenvalue weighted by Crippen LogP contribution is -2.22. The molecule has 0 saturated heterocycles. The van der Waals surface area contributed by atoms with Gasteiger partial charge in [0.2, 0.25) is 5.91 Å². The maximum absolute atomic E-state index is 12.7. The molecule has 0 saturated carbocycles. The van der Waals surface area contributed by atoms with Crippen molar-refractivity contribution in [1.82, 2.24) is 9.97 Å². The molecule has 5 nitrogen and oxygen atoms in total. The fraction of sp³-hybridized carbons (Fsp3) is 0.130. The Morgan fingerprint density at radius 3 is 2.47 bits per heavy atom. The van der Waals surface area contributed by atoms with Gasteiger partial charge in [0.05, 0.1) is 5.25 Å². The number of thioether (sulfide) groups is 1. The van der Waals surface area contributed by atoms with Gasteiger partial charge in [-0.3, -0.25) is 9.59 Å². The van der Waals surface area contributed by atoms with Crippen LogP contribution in [0.5, 0.6) is 0 Å². The number of aromatic nitrogens is 2. The number of ketones is 1. The number of carbonyl (C=O) groups excluding carboxylic acids is 2. The van der Waals surface area contributed by atoms with E-state index in [1.165, 1.54) is 18.7 Å². The quantitative estimate of drug-likeness (QED) is 0.241. The van der Waals surface area contributed by atoms with Crippen molar-refractivity contribution in [3.05, 3.63) is 72.6 Å². The third-order valence-corrected chi connectivity index (χ3v) is 6.78. The first-order chi connectivity index (χ1) is 14.5. The zero-order chi connectivity index (χ0) is 21.1. The molecule has 1 N–H and O–H groups in total. The molecule has 2 aromatic heterocycles. The molecule has 1 atom stereocenters. The zero-order valence-electron chi connectivity index (χ0n) is 16.5. The number of nitrogens with zero attached hydrogens (tertiary/aromatic N) is 2. The highest BCUT2D eigenvalue weighted by atomic mass is 32.2. The predicted molar refractivity (Wildman–Crippen MR) is 123 cm³/mol. The molecule has 2 aromatic carbocycles. The van der Waals surface area contributed by atoms with E-state index >= 15 is 0 Å². The Morgan fingerprint density at radius 1 is 1.03 bits per heavy atom. The van der Waals surface area contributed by atoms with E-state index in [0.29, 0.717) is 11.3 Å². The molecule has 0 fully saturated rings. The molecule has 150 valence electrons. The highest BCUT2D eigenvalue weighted by Crippen LogP contribution is 2.37. The van der Waals surface area contributed by atoms with Crippen LogP contribution in [0.15, 0.2) is 72.0 Å². The standard InChI is InChI=1S/C23H19N3O2S2/c1-14(27)16-8-10-18(11-9-16)26-21(28)15(2)29-22-19-12-20(17-6-4-3-5-7-17)30-23(19)25-13-24-22/h3-13,15H,1-2H3,(H,26,28). The summed E-state index contributed by atoms with van der Waals surface area (Å²) in [5.74, 6) is -0.129. The average Bonchev–Trinajstić information content (AvgIpc) is 3.20. The molecule has 0 bridgehead atoms. The molecular formula is C23H19N3O2S2. The highest BCUT2D eigenvalue weighted by molar-refractivity contribution is 8.00. The number of fused-ring (bicyclic) bond motifs is 1. The van der Waals surface area contributed by atoms with Crippen molar-refractivity contribution >= 4 is 50.7 Å². The number of nitrogens with one attached hydrogen (secondary N) is 1. The second-order valence-corrected chi connectivity index (χ2v) is 9.12. The summed E-state index contributed by atoms with van der Waals surface area (Å²) < 4.78 is 0. The minimum atomic E-state index is -0.351. The maximum Gasteiger partial charge on any atom is 0.237 e. The molecule has 7 heteroatoms. The van der Waals surface area contributed by atoms with Gasteiger partial charge in [0.25, 0.3) is 0 Å². The first kappa shape index (κ1) is 20.3. The van der Waals surface area contributed by atoms with Crippen LogP contribution in [0.3, 0.4) is 0 Å². The monoisotopic (exact) mass is 433 g/mol. The van der Waals surface area contributed by atoms with E-state index < -0.39 is 0 Å². The summed E-state index contributed by atoms with van der Waals surface area (Å²) in [6.07, 6.45) is 1.54. The number of hydrogen-bond donors (Lipinski definition) is 1. The van der Waals surface area contributed by atoms with Crippen LogP contribution in [0.2, 0.25) is 0 Å². The van der Waals surface area contributed by atoms with Crippen LogP contribution >= 0.6 is 23.1 Å². The molecular weight excluding hydrogens is 414 g/mol. The summed E-state index contributed by atoms with van der Waals surface area (Å²) in [4.78, 5) is 34.9. The lowest BCUT2D eigenvalue weighted by molar-refractivity contribution is -0.115. The zero-order valence-corrected chi connectivity index (χ0v) is 18.1. The fourth-order valence-electron chi connectivity index (χ4n) is 2.93. The fourth-order valence-corrected chi connectivity index (χ4v) is 4.89. The summed E-state index contributed by atoms with van der Waals surface area (Å²) in [7, 11) is 0. The second kappa shape index (κ2) is 8.77. The van der Waals surface area contributed by atoms with Crippen molar-refractivity contribution in [2.45, 2.75) is 24.1 Å². The van der Waals surface area contributed by atoms with Gasteiger partial charge in [0.1, 0.15) is 16.2 Å². The number of hydrogen-bond acceptors (Lipinski definition) is 6. The van der Waals surface area contributed by atoms with Gasteiger partial charge >= 0.3 is 0 Å². The Kier molecular flexibility index (Phi) is 5.92. The number of rotatable bonds is 6. The van der Waals surface area contributed by atoms with Crippen molar-refractivity contribution < 1.29 is 9.59 Å². The van der Waals surface area contributed by atoms with Crippen molar-refractivity contribution in [2.24, 2.45) is 0 Å². The second-order valence-electron chi connectivity index (χ2n) is 6.76. The van der Waals surface area contributed by atoms with Gasteiger partial charge in [-0.15, -0.1) is 11.3 Å². The summed E-state index contributed by atoms with van der Waals surface area (Å²) >= 11 is 3.02. The number of thiophene rings is 1. The van der Waals surface area contributed by atoms with Gasteiger partial charge in [-0.1, -0.05) is 42.1 Å². The smallest absolute Gasteiger partial charge is 0.237 e. The van der Waals surface area contributed by atoms with E-state index in [-0.39, 0.29) is 16.9 Å². The Hall–Kier alpha value is -3.03. The normalized spacial score (nSPS) is 11.9. The Bertz CT molecular complexity index is 1200. The Morgan fingerprint density at radius 2 is 1.77 bits per heavy atom. The van der Waals surface area contributed by atoms with Crippen LogP contribution in [-0.4, -0.2) is 26.9 Å². The number of benzene rings is 2. The lowest BCUT2D eigenvalue weighted by Gasteiger charge is -2.12. The van der Waals surface area contributed by atoms with Crippen LogP contribution in [0.25, 0.3) is 20.7 Å². The van der Waals surface area contributed by atoms with Crippen LogP contribution in [0, 0.1) is 0 Å². The minimum absolute atomic E-state index is 0.00443. The van der Waals surface area contributed by atoms with Crippen LogP contribution < -0.4 is 5.32 Å². The SMILES string of the molecule is CC(=O)c1ccc(NC(=O)C(C)Sc2ncnc3sc(-c4ccccc4)cc23)cc1. The third-order valence-electron chi connectivity index (χ3n) is 4.57. The van der Waals surface area contributed by atoms with Crippen LogP contribution in [0.1, 0.15) is 24.2 Å². The van der Waals surface area contributed by atoms with Crippen LogP contribution in [0.4, 0.5) is 5.69 Å². The summed E-state index contributed by atoms with van der Waals surface area (Å²) in [5, 5.41) is 4.28. The predicted octanol–water partition coefficient (Wildman–Crippen LogP) is 5.68. The number of amides is 1. The molecule has 30 heavy (non-hydrogen) atoms. The number of carbonyl (C=O) groups is 2. The van der Waals surface area contributed by atoms with Crippen molar-refractivity contribution in [3.63, 3.8) is 0 Å². The molecule has 0 aliphatic heterocycles. The van der Waals surface area contributed by atoms with Crippen molar-refractivity contribution in [1.29, 1.82) is 0 Å². The Labute approximate surface area is 182 Å². The maximum atomic E-state index is 12.7. The molecule has 1 amide bonds. The first-order valence-electron chi connectivity index (χ1n) is 9.40. The molecule has 2 heterocycles. The van der Waals surface area contributed by atoms with Crippen LogP contribution in [-0.2, 0) is 4.79 Å². The van der Waals surface area contributed by atoms with E-state index in [4.69, 9.17) is 0 Å². The molecule has 4 rings (SSSR count). The van der Waals surface area contributed by atoms with Crippen molar-refractivity contribution in [3.8, 4) is 10.4 Å². The highest BCUT2D eigenvalue weighted by Gasteiger charge is 2.18. The van der Waals surface area contributed by atoms with Crippen molar-refractivity contribution in [2.75, 3.05) is 5.32 Å². The summed E-state index contributed by atoms with van der Waals surface area (Å²) in [6, 6.07) is 19.1. The largest absolute Gasteiger partial charge is 0.325 e. The molecule has 0 aliphatic carbocycles. The molecule has 0 spiro atoms. The number of Topliss-reactive ketones (excluding diaryl/α,β-unsaturated/α-hetero) is 1. The Balaban J connectivity index is 1.51. The molecule has 0 aliphatic rings. The number of anilines is 1. The van der Waals surface area contributed by atoms with Gasteiger partial charge in [-0.25, -0.2) is 9.97 Å². The molecule has 0 radical (unpaired) electrons. The van der Waals surface area contributed by atoms with Gasteiger partial charge in [-0.2, -0.15) is 0 Å². The first-order valence-corrected chi connectivity index (χ1v) is 11.1. The third kappa shape index (κ3) is 4.42. The van der Waals surface area contributed by atoms with E-state index in [1.54, 1.807) is 41.9 Å². The lowest BCUT2D eigenvalue weighted by atomic mass is 10.1. The van der Waals surface area contributed by atoms with Gasteiger partial charge in [0, 0.05) is 21.5 Å². The van der Waals surface area contributed by atoms with E-state index in [2.05, 4.69) is 33.5 Å². The van der Waals surface area contributed by atoms with E-state index in [0.717, 1.165) is 25.7 Å². The summed E-state index contributed by atoms with van der Waals surface area (Å²) in [5.41, 5.74) is 2.41. The topological polar surface area (TPSA) is 72.0 Å². The molecule has 1 unspecified atom stereocenters. The van der Waals surface area contributed by atoms with E-state index in [9.17, 15) is 9.59 Å². The minimum Gasteiger partial charge on any atom is -0.325 e. The van der Waals surface area contributed by atoms with E-state index in [1.807, 2.05) is 25.1 Å². The average molecular weight is 434 g/mol. The molecule has 4 aromatic rings.